The molecule has 1 amide bonds. The van der Waals surface area contributed by atoms with Gasteiger partial charge in [-0.05, 0) is 6.07 Å². The zero-order chi connectivity index (χ0) is 13.8. The van der Waals surface area contributed by atoms with Crippen LogP contribution in [0.4, 0.5) is 0 Å². The second kappa shape index (κ2) is 5.97. The van der Waals surface area contributed by atoms with Crippen molar-refractivity contribution in [3.05, 3.63) is 17.5 Å². The van der Waals surface area contributed by atoms with Gasteiger partial charge in [0.15, 0.2) is 0 Å². The van der Waals surface area contributed by atoms with E-state index in [1.165, 1.54) is 7.11 Å². The molecule has 0 bridgehead atoms. The molecule has 0 fully saturated rings. The Labute approximate surface area is 107 Å². The molecule has 0 saturated heterocycles. The minimum atomic E-state index is -0.708. The Balaban J connectivity index is 2.55. The molecule has 1 atom stereocenters. The fourth-order valence-electron chi connectivity index (χ4n) is 1.37. The number of aliphatic hydroxyl groups is 1. The van der Waals surface area contributed by atoms with Crippen LogP contribution in [0.3, 0.4) is 0 Å². The summed E-state index contributed by atoms with van der Waals surface area (Å²) in [5.41, 5.74) is 1.14. The van der Waals surface area contributed by atoms with E-state index in [4.69, 9.17) is 4.74 Å². The van der Waals surface area contributed by atoms with Gasteiger partial charge in [-0.25, -0.2) is 0 Å². The van der Waals surface area contributed by atoms with Crippen molar-refractivity contribution in [1.29, 1.82) is 0 Å². The van der Waals surface area contributed by atoms with E-state index in [1.807, 2.05) is 20.8 Å². The maximum absolute atomic E-state index is 11.7. The van der Waals surface area contributed by atoms with Gasteiger partial charge in [0.1, 0.15) is 5.69 Å². The van der Waals surface area contributed by atoms with Crippen molar-refractivity contribution in [3.63, 3.8) is 0 Å². The number of aromatic amines is 1. The normalized spacial score (nSPS) is 13.4. The number of H-pyrrole nitrogens is 1. The highest BCUT2D eigenvalue weighted by atomic mass is 16.5. The molecule has 0 saturated carbocycles. The third kappa shape index (κ3) is 4.12. The van der Waals surface area contributed by atoms with E-state index < -0.39 is 6.10 Å². The summed E-state index contributed by atoms with van der Waals surface area (Å²) in [7, 11) is 1.49. The topological polar surface area (TPSA) is 87.2 Å². The van der Waals surface area contributed by atoms with Crippen LogP contribution in [0.5, 0.6) is 0 Å². The highest BCUT2D eigenvalue weighted by Gasteiger charge is 2.19. The smallest absolute Gasteiger partial charge is 0.271 e. The Kier molecular flexibility index (Phi) is 4.86. The number of ether oxygens (including phenoxy) is 1. The van der Waals surface area contributed by atoms with Crippen LogP contribution in [0.25, 0.3) is 0 Å². The van der Waals surface area contributed by atoms with E-state index in [0.29, 0.717) is 5.69 Å². The van der Waals surface area contributed by atoms with Crippen molar-refractivity contribution in [3.8, 4) is 0 Å². The molecular weight excluding hydrogens is 234 g/mol. The van der Waals surface area contributed by atoms with Crippen LogP contribution >= 0.6 is 0 Å². The molecule has 1 rings (SSSR count). The standard InChI is InChI=1S/C12H21N3O3/c1-12(2,3)10-5-9(14-15-10)11(17)13-6-8(16)7-18-4/h5,8,16H,6-7H2,1-4H3,(H,13,17)(H,14,15). The van der Waals surface area contributed by atoms with E-state index in [-0.39, 0.29) is 24.5 Å². The third-order valence-electron chi connectivity index (χ3n) is 2.48. The van der Waals surface area contributed by atoms with Crippen molar-refractivity contribution in [2.45, 2.75) is 32.3 Å². The average molecular weight is 255 g/mol. The Morgan fingerprint density at radius 3 is 2.78 bits per heavy atom. The Bertz CT molecular complexity index is 396. The highest BCUT2D eigenvalue weighted by molar-refractivity contribution is 5.92. The Morgan fingerprint density at radius 1 is 1.61 bits per heavy atom. The molecule has 1 aromatic heterocycles. The predicted molar refractivity (Wildman–Crippen MR) is 67.5 cm³/mol. The second-order valence-corrected chi connectivity index (χ2v) is 5.24. The molecule has 0 aliphatic carbocycles. The Morgan fingerprint density at radius 2 is 2.28 bits per heavy atom. The molecule has 0 spiro atoms. The van der Waals surface area contributed by atoms with Gasteiger partial charge < -0.3 is 15.2 Å². The zero-order valence-electron chi connectivity index (χ0n) is 11.3. The first-order valence-electron chi connectivity index (χ1n) is 5.85. The van der Waals surface area contributed by atoms with Crippen molar-refractivity contribution >= 4 is 5.91 Å². The molecule has 102 valence electrons. The summed E-state index contributed by atoms with van der Waals surface area (Å²) < 4.78 is 4.77. The second-order valence-electron chi connectivity index (χ2n) is 5.24. The summed E-state index contributed by atoms with van der Waals surface area (Å²) in [6.45, 7) is 6.43. The first-order valence-corrected chi connectivity index (χ1v) is 5.85. The molecule has 1 heterocycles. The number of aromatic nitrogens is 2. The molecule has 6 nitrogen and oxygen atoms in total. The van der Waals surface area contributed by atoms with Crippen LogP contribution in [0.2, 0.25) is 0 Å². The van der Waals surface area contributed by atoms with E-state index >= 15 is 0 Å². The van der Waals surface area contributed by atoms with Crippen LogP contribution in [0.1, 0.15) is 37.0 Å². The average Bonchev–Trinajstić information content (AvgIpc) is 2.75. The zero-order valence-corrected chi connectivity index (χ0v) is 11.3. The minimum absolute atomic E-state index is 0.0822. The van der Waals surface area contributed by atoms with Gasteiger partial charge in [-0.3, -0.25) is 9.89 Å². The van der Waals surface area contributed by atoms with Crippen LogP contribution in [-0.4, -0.2) is 47.6 Å². The van der Waals surface area contributed by atoms with Crippen LogP contribution in [0.15, 0.2) is 6.07 Å². The number of rotatable bonds is 5. The fraction of sp³-hybridized carbons (Fsp3) is 0.667. The quantitative estimate of drug-likeness (QED) is 0.712. The van der Waals surface area contributed by atoms with E-state index in [2.05, 4.69) is 15.5 Å². The monoisotopic (exact) mass is 255 g/mol. The molecule has 1 unspecified atom stereocenters. The van der Waals surface area contributed by atoms with Crippen molar-refractivity contribution in [2.75, 3.05) is 20.3 Å². The lowest BCUT2D eigenvalue weighted by Gasteiger charge is -2.14. The van der Waals surface area contributed by atoms with Crippen molar-refractivity contribution < 1.29 is 14.6 Å². The van der Waals surface area contributed by atoms with E-state index in [0.717, 1.165) is 5.69 Å². The number of methoxy groups -OCH3 is 1. The lowest BCUT2D eigenvalue weighted by Crippen LogP contribution is -2.34. The van der Waals surface area contributed by atoms with Gasteiger partial charge in [0, 0.05) is 24.8 Å². The van der Waals surface area contributed by atoms with Gasteiger partial charge in [-0.15, -0.1) is 0 Å². The van der Waals surface area contributed by atoms with E-state index in [1.54, 1.807) is 6.07 Å². The lowest BCUT2D eigenvalue weighted by atomic mass is 9.92. The lowest BCUT2D eigenvalue weighted by molar-refractivity contribution is 0.0608. The van der Waals surface area contributed by atoms with Crippen LogP contribution < -0.4 is 5.32 Å². The SMILES string of the molecule is COCC(O)CNC(=O)c1cc(C(C)(C)C)[nH]n1. The summed E-state index contributed by atoms with van der Waals surface area (Å²) in [6.07, 6.45) is -0.708. The van der Waals surface area contributed by atoms with E-state index in [9.17, 15) is 9.90 Å². The largest absolute Gasteiger partial charge is 0.389 e. The molecule has 0 aliphatic heterocycles. The van der Waals surface area contributed by atoms with Gasteiger partial charge in [0.2, 0.25) is 0 Å². The maximum Gasteiger partial charge on any atom is 0.271 e. The van der Waals surface area contributed by atoms with Gasteiger partial charge in [0.05, 0.1) is 12.7 Å². The number of hydrogen-bond acceptors (Lipinski definition) is 4. The van der Waals surface area contributed by atoms with Gasteiger partial charge in [-0.2, -0.15) is 5.10 Å². The number of nitrogens with zero attached hydrogens (tertiary/aromatic N) is 1. The van der Waals surface area contributed by atoms with Crippen LogP contribution in [0, 0.1) is 0 Å². The molecule has 1 aromatic rings. The first-order chi connectivity index (χ1) is 8.34. The van der Waals surface area contributed by atoms with Crippen LogP contribution in [-0.2, 0) is 10.2 Å². The van der Waals surface area contributed by atoms with Crippen molar-refractivity contribution in [2.24, 2.45) is 0 Å². The van der Waals surface area contributed by atoms with Gasteiger partial charge in [0.25, 0.3) is 5.91 Å². The minimum Gasteiger partial charge on any atom is -0.389 e. The summed E-state index contributed by atoms with van der Waals surface area (Å²) in [6, 6.07) is 1.72. The summed E-state index contributed by atoms with van der Waals surface area (Å²) in [5, 5.41) is 18.8. The highest BCUT2D eigenvalue weighted by Crippen LogP contribution is 2.20. The first kappa shape index (κ1) is 14.7. The molecule has 0 aliphatic rings. The summed E-state index contributed by atoms with van der Waals surface area (Å²) >= 11 is 0. The van der Waals surface area contributed by atoms with Gasteiger partial charge in [-0.1, -0.05) is 20.8 Å². The molecule has 6 heteroatoms. The molecule has 0 aromatic carbocycles. The van der Waals surface area contributed by atoms with Gasteiger partial charge >= 0.3 is 0 Å². The number of amides is 1. The molecule has 18 heavy (non-hydrogen) atoms. The summed E-state index contributed by atoms with van der Waals surface area (Å²) in [5.74, 6) is -0.308. The fourth-order valence-corrected chi connectivity index (χ4v) is 1.37. The molecule has 3 N–H and O–H groups in total. The maximum atomic E-state index is 11.7. The number of hydrogen-bond donors (Lipinski definition) is 3. The summed E-state index contributed by atoms with van der Waals surface area (Å²) in [4.78, 5) is 11.7. The number of carbonyl (C=O) groups is 1. The van der Waals surface area contributed by atoms with Crippen molar-refractivity contribution in [1.82, 2.24) is 15.5 Å². The predicted octanol–water partition coefficient (Wildman–Crippen LogP) is 0.444. The number of carbonyl (C=O) groups excluding carboxylic acids is 1. The number of nitrogens with one attached hydrogen (secondary N) is 2. The molecule has 0 radical (unpaired) electrons. The third-order valence-corrected chi connectivity index (χ3v) is 2.48. The number of aliphatic hydroxyl groups excluding tert-OH is 1. The molecular formula is C12H21N3O3. The Hall–Kier alpha value is -1.40.